The zero-order valence-electron chi connectivity index (χ0n) is 9.46. The second-order valence-corrected chi connectivity index (χ2v) is 4.90. The maximum absolute atomic E-state index is 11.2. The summed E-state index contributed by atoms with van der Waals surface area (Å²) in [5.41, 5.74) is 2.31. The summed E-state index contributed by atoms with van der Waals surface area (Å²) in [6, 6.07) is 6.19. The molecule has 0 saturated carbocycles. The van der Waals surface area contributed by atoms with Gasteiger partial charge in [-0.15, -0.1) is 0 Å². The van der Waals surface area contributed by atoms with Gasteiger partial charge in [-0.2, -0.15) is 0 Å². The van der Waals surface area contributed by atoms with Crippen molar-refractivity contribution < 1.29 is 4.79 Å². The molecule has 0 amide bonds. The van der Waals surface area contributed by atoms with Crippen LogP contribution in [-0.2, 0) is 17.8 Å². The van der Waals surface area contributed by atoms with Crippen molar-refractivity contribution in [3.05, 3.63) is 34.4 Å². The van der Waals surface area contributed by atoms with Gasteiger partial charge in [-0.05, 0) is 31.5 Å². The molecule has 16 heavy (non-hydrogen) atoms. The molecule has 84 valence electrons. The van der Waals surface area contributed by atoms with Crippen LogP contribution >= 0.6 is 15.9 Å². The van der Waals surface area contributed by atoms with E-state index in [0.29, 0.717) is 6.42 Å². The molecule has 0 atom stereocenters. The normalized spacial score (nSPS) is 10.9. The van der Waals surface area contributed by atoms with E-state index < -0.39 is 0 Å². The van der Waals surface area contributed by atoms with Gasteiger partial charge in [0.1, 0.15) is 5.78 Å². The van der Waals surface area contributed by atoms with E-state index in [-0.39, 0.29) is 5.78 Å². The van der Waals surface area contributed by atoms with Gasteiger partial charge in [-0.25, -0.2) is 0 Å². The Balaban J connectivity index is 2.63. The van der Waals surface area contributed by atoms with Crippen LogP contribution in [0.15, 0.2) is 28.9 Å². The quantitative estimate of drug-likeness (QED) is 0.842. The summed E-state index contributed by atoms with van der Waals surface area (Å²) >= 11 is 3.48. The smallest absolute Gasteiger partial charge is 0.134 e. The molecule has 1 heterocycles. The first-order valence-electron chi connectivity index (χ1n) is 5.38. The van der Waals surface area contributed by atoms with Crippen LogP contribution in [0, 0.1) is 0 Å². The maximum Gasteiger partial charge on any atom is 0.134 e. The van der Waals surface area contributed by atoms with Gasteiger partial charge in [0.05, 0.1) is 0 Å². The van der Waals surface area contributed by atoms with Crippen molar-refractivity contribution in [2.45, 2.75) is 26.8 Å². The highest BCUT2D eigenvalue weighted by Crippen LogP contribution is 2.25. The van der Waals surface area contributed by atoms with Gasteiger partial charge in [-0.1, -0.05) is 22.0 Å². The standard InChI is InChI=1S/C13H14BrNO/c1-3-15-8-10(6-9(2)16)12-5-4-11(14)7-13(12)15/h4-5,7-8H,3,6H2,1-2H3. The molecule has 2 rings (SSSR count). The summed E-state index contributed by atoms with van der Waals surface area (Å²) in [4.78, 5) is 11.2. The predicted octanol–water partition coefficient (Wildman–Crippen LogP) is 3.56. The number of fused-ring (bicyclic) bond motifs is 1. The average molecular weight is 280 g/mol. The molecule has 0 unspecified atom stereocenters. The highest BCUT2D eigenvalue weighted by Gasteiger charge is 2.09. The maximum atomic E-state index is 11.2. The van der Waals surface area contributed by atoms with Crippen LogP contribution in [0.25, 0.3) is 10.9 Å². The summed E-state index contributed by atoms with van der Waals surface area (Å²) in [6.45, 7) is 4.66. The molecule has 1 aromatic heterocycles. The van der Waals surface area contributed by atoms with Gasteiger partial charge in [0.25, 0.3) is 0 Å². The molecular formula is C13H14BrNO. The van der Waals surface area contributed by atoms with Gasteiger partial charge >= 0.3 is 0 Å². The number of ketones is 1. The fraction of sp³-hybridized carbons (Fsp3) is 0.308. The lowest BCUT2D eigenvalue weighted by Gasteiger charge is -2.00. The van der Waals surface area contributed by atoms with Crippen molar-refractivity contribution in [1.29, 1.82) is 0 Å². The molecule has 0 aliphatic rings. The third-order valence-corrected chi connectivity index (χ3v) is 3.20. The Morgan fingerprint density at radius 2 is 2.19 bits per heavy atom. The van der Waals surface area contributed by atoms with Crippen molar-refractivity contribution in [3.8, 4) is 0 Å². The molecular weight excluding hydrogens is 266 g/mol. The number of aryl methyl sites for hydroxylation is 1. The van der Waals surface area contributed by atoms with Gasteiger partial charge in [0.2, 0.25) is 0 Å². The largest absolute Gasteiger partial charge is 0.347 e. The Hall–Kier alpha value is -1.09. The van der Waals surface area contributed by atoms with Crippen molar-refractivity contribution >= 4 is 32.6 Å². The Bertz CT molecular complexity index is 542. The zero-order chi connectivity index (χ0) is 11.7. The monoisotopic (exact) mass is 279 g/mol. The highest BCUT2D eigenvalue weighted by molar-refractivity contribution is 9.10. The fourth-order valence-electron chi connectivity index (χ4n) is 2.01. The molecule has 0 aliphatic heterocycles. The number of rotatable bonds is 3. The molecule has 2 aromatic rings. The minimum absolute atomic E-state index is 0.207. The van der Waals surface area contributed by atoms with E-state index in [4.69, 9.17) is 0 Å². The van der Waals surface area contributed by atoms with Crippen LogP contribution in [0.2, 0.25) is 0 Å². The van der Waals surface area contributed by atoms with E-state index in [1.54, 1.807) is 6.92 Å². The highest BCUT2D eigenvalue weighted by atomic mass is 79.9. The van der Waals surface area contributed by atoms with Gasteiger partial charge in [0.15, 0.2) is 0 Å². The van der Waals surface area contributed by atoms with E-state index in [0.717, 1.165) is 16.6 Å². The molecule has 0 bridgehead atoms. The number of carbonyl (C=O) groups excluding carboxylic acids is 1. The average Bonchev–Trinajstić information content (AvgIpc) is 2.55. The van der Waals surface area contributed by atoms with E-state index in [2.05, 4.69) is 45.8 Å². The van der Waals surface area contributed by atoms with Gasteiger partial charge < -0.3 is 4.57 Å². The third-order valence-electron chi connectivity index (χ3n) is 2.71. The number of nitrogens with zero attached hydrogens (tertiary/aromatic N) is 1. The number of Topliss-reactive ketones (excluding diaryl/α,β-unsaturated/α-hetero) is 1. The lowest BCUT2D eigenvalue weighted by molar-refractivity contribution is -0.116. The van der Waals surface area contributed by atoms with Crippen molar-refractivity contribution in [3.63, 3.8) is 0 Å². The van der Waals surface area contributed by atoms with Gasteiger partial charge in [-0.3, -0.25) is 4.79 Å². The second-order valence-electron chi connectivity index (χ2n) is 3.98. The van der Waals surface area contributed by atoms with Crippen LogP contribution in [-0.4, -0.2) is 10.4 Å². The summed E-state index contributed by atoms with van der Waals surface area (Å²) < 4.78 is 3.25. The molecule has 0 saturated heterocycles. The number of aromatic nitrogens is 1. The minimum Gasteiger partial charge on any atom is -0.347 e. The molecule has 1 aromatic carbocycles. The summed E-state index contributed by atoms with van der Waals surface area (Å²) in [5.74, 6) is 0.207. The summed E-state index contributed by atoms with van der Waals surface area (Å²) in [5, 5.41) is 1.18. The van der Waals surface area contributed by atoms with Gasteiger partial charge in [0, 0.05) is 34.5 Å². The minimum atomic E-state index is 0.207. The molecule has 0 aliphatic carbocycles. The van der Waals surface area contributed by atoms with Crippen molar-refractivity contribution in [2.75, 3.05) is 0 Å². The number of benzene rings is 1. The molecule has 3 heteroatoms. The number of halogens is 1. The number of carbonyl (C=O) groups is 1. The number of hydrogen-bond acceptors (Lipinski definition) is 1. The summed E-state index contributed by atoms with van der Waals surface area (Å²) in [7, 11) is 0. The molecule has 0 N–H and O–H groups in total. The summed E-state index contributed by atoms with van der Waals surface area (Å²) in [6.07, 6.45) is 2.60. The van der Waals surface area contributed by atoms with E-state index in [9.17, 15) is 4.79 Å². The first kappa shape index (κ1) is 11.4. The van der Waals surface area contributed by atoms with Crippen molar-refractivity contribution in [2.24, 2.45) is 0 Å². The molecule has 0 radical (unpaired) electrons. The van der Waals surface area contributed by atoms with Crippen LogP contribution in [0.4, 0.5) is 0 Å². The van der Waals surface area contributed by atoms with Crippen LogP contribution in [0.5, 0.6) is 0 Å². The molecule has 0 spiro atoms. The second kappa shape index (κ2) is 4.42. The Morgan fingerprint density at radius 3 is 2.81 bits per heavy atom. The fourth-order valence-corrected chi connectivity index (χ4v) is 2.36. The van der Waals surface area contributed by atoms with E-state index in [1.165, 1.54) is 10.9 Å². The lowest BCUT2D eigenvalue weighted by Crippen LogP contribution is -1.95. The van der Waals surface area contributed by atoms with E-state index >= 15 is 0 Å². The Morgan fingerprint density at radius 1 is 1.44 bits per heavy atom. The van der Waals surface area contributed by atoms with Crippen LogP contribution in [0.1, 0.15) is 19.4 Å². The van der Waals surface area contributed by atoms with Crippen molar-refractivity contribution in [1.82, 2.24) is 4.57 Å². The topological polar surface area (TPSA) is 22.0 Å². The van der Waals surface area contributed by atoms with E-state index in [1.807, 2.05) is 6.07 Å². The third kappa shape index (κ3) is 2.05. The molecule has 0 fully saturated rings. The SMILES string of the molecule is CCn1cc(CC(C)=O)c2ccc(Br)cc21. The molecule has 2 nitrogen and oxygen atoms in total. The lowest BCUT2D eigenvalue weighted by atomic mass is 10.1. The predicted molar refractivity (Wildman–Crippen MR) is 69.7 cm³/mol. The zero-order valence-corrected chi connectivity index (χ0v) is 11.0. The van der Waals surface area contributed by atoms with Crippen LogP contribution in [0.3, 0.4) is 0 Å². The Labute approximate surface area is 103 Å². The Kier molecular flexibility index (Phi) is 3.15. The first-order valence-corrected chi connectivity index (χ1v) is 6.18. The first-order chi connectivity index (χ1) is 7.61. The number of hydrogen-bond donors (Lipinski definition) is 0. The van der Waals surface area contributed by atoms with Crippen LogP contribution < -0.4 is 0 Å².